The van der Waals surface area contributed by atoms with E-state index in [2.05, 4.69) is 21.2 Å². The third kappa shape index (κ3) is 4.25. The number of rotatable bonds is 7. The van der Waals surface area contributed by atoms with Crippen molar-refractivity contribution in [2.45, 2.75) is 12.5 Å². The van der Waals surface area contributed by atoms with Gasteiger partial charge in [0.1, 0.15) is 0 Å². The zero-order valence-corrected chi connectivity index (χ0v) is 11.5. The van der Waals surface area contributed by atoms with Crippen molar-refractivity contribution in [1.82, 2.24) is 0 Å². The van der Waals surface area contributed by atoms with E-state index in [-0.39, 0.29) is 18.3 Å². The maximum atomic E-state index is 10.6. The fraction of sp³-hybridized carbons (Fsp3) is 0.455. The first kappa shape index (κ1) is 14.9. The molecule has 0 aliphatic carbocycles. The summed E-state index contributed by atoms with van der Waals surface area (Å²) >= 11 is 3.28. The summed E-state index contributed by atoms with van der Waals surface area (Å²) in [7, 11) is 1.58. The fourth-order valence-corrected chi connectivity index (χ4v) is 1.99. The Morgan fingerprint density at radius 3 is 2.83 bits per heavy atom. The van der Waals surface area contributed by atoms with Crippen molar-refractivity contribution in [3.63, 3.8) is 0 Å². The van der Waals surface area contributed by atoms with Crippen molar-refractivity contribution in [2.24, 2.45) is 0 Å². The van der Waals surface area contributed by atoms with Crippen LogP contribution in [0.15, 0.2) is 22.7 Å². The number of methoxy groups -OCH3 is 1. The molecule has 0 bridgehead atoms. The molecule has 7 heteroatoms. The summed E-state index contributed by atoms with van der Waals surface area (Å²) in [5, 5.41) is 22.7. The van der Waals surface area contributed by atoms with Gasteiger partial charge in [-0.1, -0.05) is 0 Å². The topological polar surface area (TPSA) is 84.6 Å². The number of nitro benzene ring substituents is 1. The summed E-state index contributed by atoms with van der Waals surface area (Å²) in [6, 6.07) is 4.45. The summed E-state index contributed by atoms with van der Waals surface area (Å²) < 4.78 is 5.64. The van der Waals surface area contributed by atoms with Gasteiger partial charge in [0, 0.05) is 36.0 Å². The summed E-state index contributed by atoms with van der Waals surface area (Å²) in [6.07, 6.45) is 0.539. The molecule has 0 aliphatic rings. The maximum absolute atomic E-state index is 10.6. The van der Waals surface area contributed by atoms with E-state index in [0.717, 1.165) is 5.69 Å². The number of anilines is 1. The lowest BCUT2D eigenvalue weighted by Gasteiger charge is -2.18. The number of ether oxygens (including phenoxy) is 1. The molecule has 6 nitrogen and oxygen atoms in total. The number of aliphatic hydroxyl groups is 1. The van der Waals surface area contributed by atoms with Crippen LogP contribution in [0.1, 0.15) is 6.42 Å². The number of nitrogens with one attached hydrogen (secondary N) is 1. The third-order valence-electron chi connectivity index (χ3n) is 2.37. The van der Waals surface area contributed by atoms with Crippen LogP contribution in [0.5, 0.6) is 0 Å². The van der Waals surface area contributed by atoms with Gasteiger partial charge in [0.05, 0.1) is 17.6 Å². The number of hydrogen-bond acceptors (Lipinski definition) is 5. The van der Waals surface area contributed by atoms with Crippen LogP contribution in [-0.4, -0.2) is 36.4 Å². The van der Waals surface area contributed by atoms with E-state index in [4.69, 9.17) is 9.84 Å². The Labute approximate surface area is 113 Å². The van der Waals surface area contributed by atoms with Crippen LogP contribution in [-0.2, 0) is 4.74 Å². The largest absolute Gasteiger partial charge is 0.396 e. The first-order valence-electron chi connectivity index (χ1n) is 5.38. The molecule has 0 aromatic heterocycles. The molecular weight excluding hydrogens is 304 g/mol. The molecule has 0 radical (unpaired) electrons. The number of aliphatic hydroxyl groups excluding tert-OH is 1. The van der Waals surface area contributed by atoms with E-state index in [1.54, 1.807) is 13.2 Å². The van der Waals surface area contributed by atoms with Crippen molar-refractivity contribution >= 4 is 27.3 Å². The molecule has 1 aromatic rings. The van der Waals surface area contributed by atoms with Gasteiger partial charge in [0.25, 0.3) is 5.69 Å². The zero-order chi connectivity index (χ0) is 13.5. The number of benzene rings is 1. The lowest BCUT2D eigenvalue weighted by molar-refractivity contribution is -0.384. The Hall–Kier alpha value is -1.18. The molecule has 0 saturated carbocycles. The molecule has 0 fully saturated rings. The maximum Gasteiger partial charge on any atom is 0.270 e. The van der Waals surface area contributed by atoms with Crippen LogP contribution in [0.4, 0.5) is 11.4 Å². The molecule has 0 amide bonds. The van der Waals surface area contributed by atoms with E-state index in [0.29, 0.717) is 17.5 Å². The predicted octanol–water partition coefficient (Wildman–Crippen LogP) is 2.17. The molecule has 1 aromatic carbocycles. The third-order valence-corrected chi connectivity index (χ3v) is 3.02. The number of hydrogen-bond donors (Lipinski definition) is 2. The number of non-ortho nitro benzene ring substituents is 1. The van der Waals surface area contributed by atoms with Gasteiger partial charge in [-0.15, -0.1) is 0 Å². The lowest BCUT2D eigenvalue weighted by atomic mass is 10.2. The second-order valence-corrected chi connectivity index (χ2v) is 4.58. The standard InChI is InChI=1S/C11H15BrN2O4/c1-18-7-8(4-5-15)13-11-3-2-9(14(16)17)6-10(11)12/h2-3,6,8,13,15H,4-5,7H2,1H3. The van der Waals surface area contributed by atoms with Gasteiger partial charge >= 0.3 is 0 Å². The molecule has 0 heterocycles. The smallest absolute Gasteiger partial charge is 0.270 e. The highest BCUT2D eigenvalue weighted by Crippen LogP contribution is 2.27. The van der Waals surface area contributed by atoms with E-state index >= 15 is 0 Å². The predicted molar refractivity (Wildman–Crippen MR) is 71.8 cm³/mol. The molecule has 1 atom stereocenters. The van der Waals surface area contributed by atoms with Crippen LogP contribution in [0.2, 0.25) is 0 Å². The Kier molecular flexibility index (Phi) is 6.03. The fourth-order valence-electron chi connectivity index (χ4n) is 1.51. The molecule has 1 unspecified atom stereocenters. The quantitative estimate of drug-likeness (QED) is 0.594. The van der Waals surface area contributed by atoms with Gasteiger partial charge in [-0.2, -0.15) is 0 Å². The molecule has 0 spiro atoms. The van der Waals surface area contributed by atoms with Crippen molar-refractivity contribution in [2.75, 3.05) is 25.6 Å². The Balaban J connectivity index is 2.79. The Bertz CT molecular complexity index is 408. The lowest BCUT2D eigenvalue weighted by Crippen LogP contribution is -2.26. The van der Waals surface area contributed by atoms with Crippen molar-refractivity contribution in [3.05, 3.63) is 32.8 Å². The molecule has 0 aliphatic heterocycles. The average Bonchev–Trinajstić information content (AvgIpc) is 2.32. The van der Waals surface area contributed by atoms with Gasteiger partial charge in [0.2, 0.25) is 0 Å². The van der Waals surface area contributed by atoms with Crippen LogP contribution >= 0.6 is 15.9 Å². The normalized spacial score (nSPS) is 12.2. The van der Waals surface area contributed by atoms with E-state index in [9.17, 15) is 10.1 Å². The van der Waals surface area contributed by atoms with Crippen molar-refractivity contribution in [3.8, 4) is 0 Å². The van der Waals surface area contributed by atoms with Gasteiger partial charge in [-0.25, -0.2) is 0 Å². The molecular formula is C11H15BrN2O4. The van der Waals surface area contributed by atoms with E-state index < -0.39 is 4.92 Å². The number of nitro groups is 1. The highest BCUT2D eigenvalue weighted by Gasteiger charge is 2.12. The monoisotopic (exact) mass is 318 g/mol. The number of nitrogens with zero attached hydrogens (tertiary/aromatic N) is 1. The Morgan fingerprint density at radius 1 is 1.61 bits per heavy atom. The van der Waals surface area contributed by atoms with Crippen LogP contribution in [0, 0.1) is 10.1 Å². The average molecular weight is 319 g/mol. The molecule has 1 rings (SSSR count). The van der Waals surface area contributed by atoms with Gasteiger partial charge in [-0.3, -0.25) is 10.1 Å². The van der Waals surface area contributed by atoms with Gasteiger partial charge < -0.3 is 15.2 Å². The first-order chi connectivity index (χ1) is 8.58. The van der Waals surface area contributed by atoms with E-state index in [1.807, 2.05) is 0 Å². The minimum Gasteiger partial charge on any atom is -0.396 e. The van der Waals surface area contributed by atoms with Crippen molar-refractivity contribution < 1.29 is 14.8 Å². The highest BCUT2D eigenvalue weighted by molar-refractivity contribution is 9.10. The van der Waals surface area contributed by atoms with Gasteiger partial charge in [-0.05, 0) is 28.4 Å². The second kappa shape index (κ2) is 7.30. The molecule has 18 heavy (non-hydrogen) atoms. The number of halogens is 1. The molecule has 0 saturated heterocycles. The minimum absolute atomic E-state index is 0.0258. The Morgan fingerprint density at radius 2 is 2.33 bits per heavy atom. The first-order valence-corrected chi connectivity index (χ1v) is 6.18. The SMILES string of the molecule is COCC(CCO)Nc1ccc([N+](=O)[O-])cc1Br. The van der Waals surface area contributed by atoms with Crippen LogP contribution in [0.25, 0.3) is 0 Å². The summed E-state index contributed by atoms with van der Waals surface area (Å²) in [4.78, 5) is 10.2. The summed E-state index contributed by atoms with van der Waals surface area (Å²) in [6.45, 7) is 0.496. The molecule has 2 N–H and O–H groups in total. The summed E-state index contributed by atoms with van der Waals surface area (Å²) in [5.74, 6) is 0. The molecule has 100 valence electrons. The highest BCUT2D eigenvalue weighted by atomic mass is 79.9. The van der Waals surface area contributed by atoms with Crippen molar-refractivity contribution in [1.29, 1.82) is 0 Å². The van der Waals surface area contributed by atoms with Gasteiger partial charge in [0.15, 0.2) is 0 Å². The van der Waals surface area contributed by atoms with Crippen LogP contribution in [0.3, 0.4) is 0 Å². The van der Waals surface area contributed by atoms with E-state index in [1.165, 1.54) is 12.1 Å². The van der Waals surface area contributed by atoms with Crippen LogP contribution < -0.4 is 5.32 Å². The summed E-state index contributed by atoms with van der Waals surface area (Å²) in [5.41, 5.74) is 0.758. The second-order valence-electron chi connectivity index (χ2n) is 3.73. The zero-order valence-electron chi connectivity index (χ0n) is 9.93. The minimum atomic E-state index is -0.450.